The van der Waals surface area contributed by atoms with Gasteiger partial charge in [-0.3, -0.25) is 9.52 Å². The molecular formula is C23H22F4N2O3S. The topological polar surface area (TPSA) is 75.3 Å². The molecule has 0 aliphatic carbocycles. The number of carbonyl (C=O) groups is 1. The molecule has 2 N–H and O–H groups in total. The molecule has 0 unspecified atom stereocenters. The fourth-order valence-electron chi connectivity index (χ4n) is 3.01. The van der Waals surface area contributed by atoms with Crippen LogP contribution in [0.2, 0.25) is 0 Å². The summed E-state index contributed by atoms with van der Waals surface area (Å²) in [5, 5.41) is 2.52. The molecule has 33 heavy (non-hydrogen) atoms. The van der Waals surface area contributed by atoms with E-state index in [0.29, 0.717) is 29.5 Å². The maximum absolute atomic E-state index is 14.3. The van der Waals surface area contributed by atoms with Gasteiger partial charge in [0, 0.05) is 12.6 Å². The Morgan fingerprint density at radius 2 is 1.91 bits per heavy atom. The van der Waals surface area contributed by atoms with Crippen LogP contribution in [0.1, 0.15) is 41.2 Å². The number of amides is 1. The first-order valence-corrected chi connectivity index (χ1v) is 11.7. The molecule has 1 amide bonds. The molecule has 0 bridgehead atoms. The number of hydrogen-bond acceptors (Lipinski definition) is 3. The first-order chi connectivity index (χ1) is 15.3. The van der Waals surface area contributed by atoms with Crippen LogP contribution >= 0.6 is 0 Å². The van der Waals surface area contributed by atoms with Crippen LogP contribution in [-0.2, 0) is 34.0 Å². The van der Waals surface area contributed by atoms with E-state index in [1.807, 2.05) is 11.6 Å². The van der Waals surface area contributed by atoms with Crippen LogP contribution in [0.25, 0.3) is 6.08 Å². The van der Waals surface area contributed by atoms with Crippen molar-refractivity contribution in [2.45, 2.75) is 32.5 Å². The monoisotopic (exact) mass is 482 g/mol. The van der Waals surface area contributed by atoms with Gasteiger partial charge in [-0.1, -0.05) is 25.3 Å². The summed E-state index contributed by atoms with van der Waals surface area (Å²) in [7, 11) is -3.75. The van der Waals surface area contributed by atoms with E-state index >= 15 is 0 Å². The minimum Gasteiger partial charge on any atom is -0.348 e. The molecule has 2 aromatic carbocycles. The Morgan fingerprint density at radius 1 is 1.21 bits per heavy atom. The Morgan fingerprint density at radius 3 is 2.48 bits per heavy atom. The van der Waals surface area contributed by atoms with Crippen LogP contribution in [0, 0.1) is 18.2 Å². The van der Waals surface area contributed by atoms with E-state index in [2.05, 4.69) is 11.2 Å². The van der Waals surface area contributed by atoms with Crippen LogP contribution in [0.15, 0.2) is 36.4 Å². The summed E-state index contributed by atoms with van der Waals surface area (Å²) in [5.74, 6) is 0.738. The molecule has 0 saturated heterocycles. The van der Waals surface area contributed by atoms with Gasteiger partial charge in [0.2, 0.25) is 15.9 Å². The summed E-state index contributed by atoms with van der Waals surface area (Å²) < 4.78 is 77.9. The van der Waals surface area contributed by atoms with Crippen molar-refractivity contribution in [3.63, 3.8) is 0 Å². The number of rotatable bonds is 8. The van der Waals surface area contributed by atoms with Gasteiger partial charge in [0.1, 0.15) is 5.82 Å². The number of halogens is 4. The maximum Gasteiger partial charge on any atom is 0.416 e. The Labute approximate surface area is 189 Å². The zero-order chi connectivity index (χ0) is 24.8. The van der Waals surface area contributed by atoms with Crippen LogP contribution in [0.3, 0.4) is 0 Å². The quantitative estimate of drug-likeness (QED) is 0.331. The van der Waals surface area contributed by atoms with Crippen molar-refractivity contribution in [3.8, 4) is 12.3 Å². The van der Waals surface area contributed by atoms with Crippen LogP contribution < -0.4 is 10.0 Å². The summed E-state index contributed by atoms with van der Waals surface area (Å²) in [6, 6.07) is 5.72. The van der Waals surface area contributed by atoms with Gasteiger partial charge in [-0.2, -0.15) is 13.2 Å². The highest BCUT2D eigenvalue weighted by Gasteiger charge is 2.30. The Bertz CT molecular complexity index is 1210. The third-order valence-electron chi connectivity index (χ3n) is 4.46. The SMILES string of the molecule is C#Cc1cc(CNC(=O)/C=C\c2ccc(C(F)(F)F)cc2CCC)cc(F)c1NS(C)(=O)=O. The number of sulfonamides is 1. The standard InChI is InChI=1S/C23H22F4N2O3S/c1-4-6-18-13-19(23(25,26)27)9-7-17(18)8-10-21(30)28-14-15-11-16(5-2)22(20(24)12-15)29-33(3,31)32/h2,7-13,29H,4,6,14H2,1,3H3,(H,28,30)/b10-8-. The van der Waals surface area contributed by atoms with Crippen molar-refractivity contribution in [3.05, 3.63) is 70.0 Å². The van der Waals surface area contributed by atoms with Crippen molar-refractivity contribution in [2.75, 3.05) is 11.0 Å². The summed E-state index contributed by atoms with van der Waals surface area (Å²) >= 11 is 0. The molecule has 10 heteroatoms. The smallest absolute Gasteiger partial charge is 0.348 e. The number of aryl methyl sites for hydroxylation is 1. The molecule has 0 heterocycles. The zero-order valence-electron chi connectivity index (χ0n) is 17.9. The minimum absolute atomic E-state index is 0.0332. The van der Waals surface area contributed by atoms with E-state index < -0.39 is 33.5 Å². The van der Waals surface area contributed by atoms with E-state index in [0.717, 1.165) is 24.5 Å². The number of anilines is 1. The normalized spacial score (nSPS) is 11.9. The van der Waals surface area contributed by atoms with Gasteiger partial charge in [-0.15, -0.1) is 6.42 Å². The lowest BCUT2D eigenvalue weighted by Gasteiger charge is -2.12. The van der Waals surface area contributed by atoms with Crippen molar-refractivity contribution in [1.29, 1.82) is 0 Å². The molecule has 2 aromatic rings. The third-order valence-corrected chi connectivity index (χ3v) is 5.04. The zero-order valence-corrected chi connectivity index (χ0v) is 18.7. The Hall–Kier alpha value is -3.32. The first kappa shape index (κ1) is 25.9. The molecule has 0 aliphatic rings. The average Bonchev–Trinajstić information content (AvgIpc) is 2.71. The molecule has 0 spiro atoms. The fourth-order valence-corrected chi connectivity index (χ4v) is 3.59. The molecule has 0 aliphatic heterocycles. The second kappa shape index (κ2) is 10.5. The number of terminal acetylenes is 1. The molecule has 2 rings (SSSR count). The Kier molecular flexibility index (Phi) is 8.28. The summed E-state index contributed by atoms with van der Waals surface area (Å²) in [6.45, 7) is 1.73. The van der Waals surface area contributed by atoms with Crippen molar-refractivity contribution < 1.29 is 30.8 Å². The fraction of sp³-hybridized carbons (Fsp3) is 0.261. The largest absolute Gasteiger partial charge is 0.416 e. The van der Waals surface area contributed by atoms with E-state index in [1.165, 1.54) is 24.3 Å². The number of benzene rings is 2. The highest BCUT2D eigenvalue weighted by molar-refractivity contribution is 7.92. The van der Waals surface area contributed by atoms with Crippen molar-refractivity contribution in [2.24, 2.45) is 0 Å². The molecular weight excluding hydrogens is 460 g/mol. The van der Waals surface area contributed by atoms with Crippen LogP contribution in [0.4, 0.5) is 23.2 Å². The lowest BCUT2D eigenvalue weighted by Crippen LogP contribution is -2.21. The molecule has 176 valence electrons. The minimum atomic E-state index is -4.46. The van der Waals surface area contributed by atoms with Gasteiger partial charge >= 0.3 is 6.18 Å². The second-order valence-corrected chi connectivity index (χ2v) is 8.98. The lowest BCUT2D eigenvalue weighted by atomic mass is 9.99. The summed E-state index contributed by atoms with van der Waals surface area (Å²) in [4.78, 5) is 12.2. The van der Waals surface area contributed by atoms with Crippen LogP contribution in [0.5, 0.6) is 0 Å². The molecule has 0 atom stereocenters. The van der Waals surface area contributed by atoms with E-state index in [-0.39, 0.29) is 17.8 Å². The van der Waals surface area contributed by atoms with Crippen molar-refractivity contribution >= 4 is 27.7 Å². The predicted octanol–water partition coefficient (Wildman–Crippen LogP) is 4.48. The summed E-state index contributed by atoms with van der Waals surface area (Å²) in [5.41, 5.74) is 0.0907. The van der Waals surface area contributed by atoms with Gasteiger partial charge in [-0.05, 0) is 53.5 Å². The van der Waals surface area contributed by atoms with Gasteiger partial charge in [0.15, 0.2) is 0 Å². The van der Waals surface area contributed by atoms with Gasteiger partial charge in [-0.25, -0.2) is 12.8 Å². The molecule has 0 fully saturated rings. The molecule has 5 nitrogen and oxygen atoms in total. The molecule has 0 radical (unpaired) electrons. The number of carbonyl (C=O) groups excluding carboxylic acids is 1. The molecule has 0 aromatic heterocycles. The van der Waals surface area contributed by atoms with Gasteiger partial charge in [0.05, 0.1) is 23.1 Å². The Balaban J connectivity index is 2.15. The van der Waals surface area contributed by atoms with Crippen LogP contribution in [-0.4, -0.2) is 20.6 Å². The van der Waals surface area contributed by atoms with Gasteiger partial charge in [0.25, 0.3) is 0 Å². The predicted molar refractivity (Wildman–Crippen MR) is 119 cm³/mol. The van der Waals surface area contributed by atoms with Crippen molar-refractivity contribution in [1.82, 2.24) is 5.32 Å². The average molecular weight is 482 g/mol. The van der Waals surface area contributed by atoms with Gasteiger partial charge < -0.3 is 5.32 Å². The molecule has 0 saturated carbocycles. The summed E-state index contributed by atoms with van der Waals surface area (Å²) in [6.07, 6.45) is 5.34. The second-order valence-electron chi connectivity index (χ2n) is 7.23. The highest BCUT2D eigenvalue weighted by Crippen LogP contribution is 2.31. The number of hydrogen-bond donors (Lipinski definition) is 2. The first-order valence-electron chi connectivity index (χ1n) is 9.77. The lowest BCUT2D eigenvalue weighted by molar-refractivity contribution is -0.137. The van der Waals surface area contributed by atoms with E-state index in [1.54, 1.807) is 0 Å². The highest BCUT2D eigenvalue weighted by atomic mass is 32.2. The third kappa shape index (κ3) is 7.64. The number of nitrogens with one attached hydrogen (secondary N) is 2. The van der Waals surface area contributed by atoms with E-state index in [9.17, 15) is 30.8 Å². The maximum atomic E-state index is 14.3. The van der Waals surface area contributed by atoms with E-state index in [4.69, 9.17) is 6.42 Å². The number of alkyl halides is 3.